The monoisotopic (exact) mass is 221 g/mol. The molecule has 1 aliphatic rings. The van der Waals surface area contributed by atoms with Gasteiger partial charge < -0.3 is 0 Å². The van der Waals surface area contributed by atoms with Gasteiger partial charge in [0, 0.05) is 13.0 Å². The molecule has 16 heavy (non-hydrogen) atoms. The van der Waals surface area contributed by atoms with Crippen molar-refractivity contribution in [3.63, 3.8) is 0 Å². The number of halogens is 1. The highest BCUT2D eigenvalue weighted by atomic mass is 19.1. The minimum Gasteiger partial charge on any atom is -0.278 e. The molecule has 0 unspecified atom stereocenters. The second-order valence-corrected chi connectivity index (χ2v) is 3.89. The highest BCUT2D eigenvalue weighted by molar-refractivity contribution is 6.05. The standard InChI is InChI=1S/C12H12FNO2/c1-8-4-2-5-9(11(8)13)12(16)14-7-3-6-10(14)15/h2,4-5H,3,6-7H2,1H3. The zero-order valence-corrected chi connectivity index (χ0v) is 9.00. The summed E-state index contributed by atoms with van der Waals surface area (Å²) in [6.45, 7) is 1.99. The number of nitrogens with zero attached hydrogens (tertiary/aromatic N) is 1. The van der Waals surface area contributed by atoms with Crippen LogP contribution in [-0.4, -0.2) is 23.3 Å². The largest absolute Gasteiger partial charge is 0.278 e. The highest BCUT2D eigenvalue weighted by Gasteiger charge is 2.28. The Kier molecular flexibility index (Phi) is 2.73. The van der Waals surface area contributed by atoms with E-state index >= 15 is 0 Å². The van der Waals surface area contributed by atoms with Gasteiger partial charge in [-0.25, -0.2) is 4.39 Å². The summed E-state index contributed by atoms with van der Waals surface area (Å²) in [7, 11) is 0. The second-order valence-electron chi connectivity index (χ2n) is 3.89. The van der Waals surface area contributed by atoms with Crippen LogP contribution in [0.1, 0.15) is 28.8 Å². The van der Waals surface area contributed by atoms with Gasteiger partial charge in [0.25, 0.3) is 5.91 Å². The lowest BCUT2D eigenvalue weighted by Gasteiger charge is -2.14. The zero-order chi connectivity index (χ0) is 11.7. The van der Waals surface area contributed by atoms with E-state index in [9.17, 15) is 14.0 Å². The fourth-order valence-electron chi connectivity index (χ4n) is 1.82. The maximum Gasteiger partial charge on any atom is 0.263 e. The van der Waals surface area contributed by atoms with Gasteiger partial charge in [-0.15, -0.1) is 0 Å². The van der Waals surface area contributed by atoms with Gasteiger partial charge in [-0.1, -0.05) is 12.1 Å². The molecule has 0 N–H and O–H groups in total. The van der Waals surface area contributed by atoms with Gasteiger partial charge in [0.05, 0.1) is 5.56 Å². The van der Waals surface area contributed by atoms with Crippen LogP contribution in [-0.2, 0) is 4.79 Å². The first kappa shape index (κ1) is 10.8. The smallest absolute Gasteiger partial charge is 0.263 e. The molecule has 0 spiro atoms. The number of benzene rings is 1. The molecule has 3 nitrogen and oxygen atoms in total. The van der Waals surface area contributed by atoms with Crippen LogP contribution in [0.2, 0.25) is 0 Å². The number of imide groups is 1. The van der Waals surface area contributed by atoms with E-state index in [2.05, 4.69) is 0 Å². The predicted molar refractivity (Wildman–Crippen MR) is 56.4 cm³/mol. The average Bonchev–Trinajstić information content (AvgIpc) is 2.68. The maximum atomic E-state index is 13.7. The molecule has 84 valence electrons. The third kappa shape index (κ3) is 1.71. The molecule has 0 atom stereocenters. The summed E-state index contributed by atoms with van der Waals surface area (Å²) in [5.41, 5.74) is 0.396. The molecule has 1 aromatic carbocycles. The first-order valence-electron chi connectivity index (χ1n) is 5.21. The third-order valence-electron chi connectivity index (χ3n) is 2.74. The Labute approximate surface area is 92.9 Å². The molecule has 0 aliphatic carbocycles. The molecule has 1 fully saturated rings. The Hall–Kier alpha value is -1.71. The topological polar surface area (TPSA) is 37.4 Å². The molecular weight excluding hydrogens is 209 g/mol. The lowest BCUT2D eigenvalue weighted by molar-refractivity contribution is -0.125. The van der Waals surface area contributed by atoms with Crippen LogP contribution in [0.5, 0.6) is 0 Å². The van der Waals surface area contributed by atoms with E-state index in [0.29, 0.717) is 24.9 Å². The Morgan fingerprint density at radius 1 is 1.44 bits per heavy atom. The van der Waals surface area contributed by atoms with Crippen LogP contribution in [0.25, 0.3) is 0 Å². The zero-order valence-electron chi connectivity index (χ0n) is 9.00. The number of carbonyl (C=O) groups is 2. The van der Waals surface area contributed by atoms with Gasteiger partial charge in [-0.05, 0) is 25.0 Å². The van der Waals surface area contributed by atoms with Crippen molar-refractivity contribution >= 4 is 11.8 Å². The van der Waals surface area contributed by atoms with Gasteiger partial charge in [0.2, 0.25) is 5.91 Å². The summed E-state index contributed by atoms with van der Waals surface area (Å²) in [6, 6.07) is 4.63. The van der Waals surface area contributed by atoms with E-state index in [4.69, 9.17) is 0 Å². The molecule has 1 heterocycles. The summed E-state index contributed by atoms with van der Waals surface area (Å²) in [5.74, 6) is -1.28. The Morgan fingerprint density at radius 2 is 2.19 bits per heavy atom. The van der Waals surface area contributed by atoms with Crippen LogP contribution < -0.4 is 0 Å². The van der Waals surface area contributed by atoms with Crippen LogP contribution in [0.3, 0.4) is 0 Å². The van der Waals surface area contributed by atoms with Crippen molar-refractivity contribution in [3.8, 4) is 0 Å². The molecule has 0 saturated carbocycles. The quantitative estimate of drug-likeness (QED) is 0.679. The van der Waals surface area contributed by atoms with Crippen molar-refractivity contribution in [2.45, 2.75) is 19.8 Å². The number of amides is 2. The molecule has 0 radical (unpaired) electrons. The van der Waals surface area contributed by atoms with Crippen molar-refractivity contribution < 1.29 is 14.0 Å². The Balaban J connectivity index is 2.34. The summed E-state index contributed by atoms with van der Waals surface area (Å²) >= 11 is 0. The number of likely N-dealkylation sites (tertiary alicyclic amines) is 1. The fraction of sp³-hybridized carbons (Fsp3) is 0.333. The molecule has 2 rings (SSSR count). The number of rotatable bonds is 1. The Morgan fingerprint density at radius 3 is 2.81 bits per heavy atom. The molecule has 1 saturated heterocycles. The van der Waals surface area contributed by atoms with Crippen molar-refractivity contribution in [1.82, 2.24) is 4.90 Å². The van der Waals surface area contributed by atoms with E-state index < -0.39 is 11.7 Å². The molecule has 0 bridgehead atoms. The van der Waals surface area contributed by atoms with E-state index in [1.807, 2.05) is 0 Å². The van der Waals surface area contributed by atoms with Crippen molar-refractivity contribution in [2.75, 3.05) is 6.54 Å². The Bertz CT molecular complexity index is 456. The van der Waals surface area contributed by atoms with Crippen LogP contribution in [0.15, 0.2) is 18.2 Å². The minimum atomic E-state index is -0.535. The van der Waals surface area contributed by atoms with Gasteiger partial charge >= 0.3 is 0 Å². The molecule has 1 aliphatic heterocycles. The fourth-order valence-corrected chi connectivity index (χ4v) is 1.82. The first-order chi connectivity index (χ1) is 7.61. The van der Waals surface area contributed by atoms with Gasteiger partial charge in [0.1, 0.15) is 5.82 Å². The van der Waals surface area contributed by atoms with Gasteiger partial charge in [-0.2, -0.15) is 0 Å². The highest BCUT2D eigenvalue weighted by Crippen LogP contribution is 2.18. The van der Waals surface area contributed by atoms with Gasteiger partial charge in [-0.3, -0.25) is 14.5 Å². The van der Waals surface area contributed by atoms with Crippen molar-refractivity contribution in [3.05, 3.63) is 35.1 Å². The third-order valence-corrected chi connectivity index (χ3v) is 2.74. The summed E-state index contributed by atoms with van der Waals surface area (Å²) in [5, 5.41) is 0. The average molecular weight is 221 g/mol. The van der Waals surface area contributed by atoms with Crippen molar-refractivity contribution in [2.24, 2.45) is 0 Å². The number of carbonyl (C=O) groups excluding carboxylic acids is 2. The molecule has 1 aromatic rings. The maximum absolute atomic E-state index is 13.7. The lowest BCUT2D eigenvalue weighted by atomic mass is 10.1. The summed E-state index contributed by atoms with van der Waals surface area (Å²) in [6.07, 6.45) is 1.04. The predicted octanol–water partition coefficient (Wildman–Crippen LogP) is 1.90. The SMILES string of the molecule is Cc1cccc(C(=O)N2CCCC2=O)c1F. The minimum absolute atomic E-state index is 0.0183. The van der Waals surface area contributed by atoms with E-state index in [-0.39, 0.29) is 11.5 Å². The lowest BCUT2D eigenvalue weighted by Crippen LogP contribution is -2.32. The van der Waals surface area contributed by atoms with Crippen LogP contribution in [0, 0.1) is 12.7 Å². The van der Waals surface area contributed by atoms with E-state index in [0.717, 1.165) is 4.90 Å². The first-order valence-corrected chi connectivity index (χ1v) is 5.21. The number of hydrogen-bond donors (Lipinski definition) is 0. The molecular formula is C12H12FNO2. The van der Waals surface area contributed by atoms with E-state index in [1.165, 1.54) is 6.07 Å². The second kappa shape index (κ2) is 4.04. The molecule has 2 amide bonds. The van der Waals surface area contributed by atoms with Gasteiger partial charge in [0.15, 0.2) is 0 Å². The van der Waals surface area contributed by atoms with Crippen LogP contribution >= 0.6 is 0 Å². The van der Waals surface area contributed by atoms with Crippen LogP contribution in [0.4, 0.5) is 4.39 Å². The van der Waals surface area contributed by atoms with E-state index in [1.54, 1.807) is 19.1 Å². The molecule has 4 heteroatoms. The number of hydrogen-bond acceptors (Lipinski definition) is 2. The molecule has 0 aromatic heterocycles. The summed E-state index contributed by atoms with van der Waals surface area (Å²) < 4.78 is 13.7. The number of aryl methyl sites for hydroxylation is 1. The summed E-state index contributed by atoms with van der Waals surface area (Å²) in [4.78, 5) is 24.4. The van der Waals surface area contributed by atoms with Crippen molar-refractivity contribution in [1.29, 1.82) is 0 Å². The normalized spacial score (nSPS) is 15.6.